The van der Waals surface area contributed by atoms with Gasteiger partial charge in [0.25, 0.3) is 0 Å². The minimum absolute atomic E-state index is 0.532. The SMILES string of the molecule is Cc1c2c(cc(N)c1C1CC1)C(=C1CCN(C(=O)O)CC1)c1ncc(Br)cc1CC2. The molecule has 5 rings (SSSR count). The van der Waals surface area contributed by atoms with Gasteiger partial charge in [0.15, 0.2) is 0 Å². The fraction of sp³-hybridized carbons (Fsp3) is 0.417. The van der Waals surface area contributed by atoms with E-state index in [0.29, 0.717) is 19.0 Å². The van der Waals surface area contributed by atoms with Crippen molar-refractivity contribution in [2.75, 3.05) is 18.8 Å². The maximum absolute atomic E-state index is 11.4. The van der Waals surface area contributed by atoms with E-state index in [4.69, 9.17) is 10.7 Å². The number of anilines is 1. The molecule has 0 atom stereocenters. The minimum Gasteiger partial charge on any atom is -0.465 e. The quantitative estimate of drug-likeness (QED) is 0.558. The second-order valence-corrected chi connectivity index (χ2v) is 9.63. The number of halogens is 1. The smallest absolute Gasteiger partial charge is 0.407 e. The van der Waals surface area contributed by atoms with Gasteiger partial charge in [-0.3, -0.25) is 4.98 Å². The highest BCUT2D eigenvalue weighted by Crippen LogP contribution is 2.48. The number of fused-ring (bicyclic) bond motifs is 2. The Kier molecular flexibility index (Phi) is 4.85. The first-order valence-electron chi connectivity index (χ1n) is 10.7. The van der Waals surface area contributed by atoms with E-state index in [1.165, 1.54) is 56.7 Å². The van der Waals surface area contributed by atoms with Crippen molar-refractivity contribution in [3.05, 3.63) is 61.9 Å². The summed E-state index contributed by atoms with van der Waals surface area (Å²) in [6.07, 6.45) is 6.90. The molecule has 3 aliphatic rings. The number of carbonyl (C=O) groups is 1. The molecule has 3 N–H and O–H groups in total. The Morgan fingerprint density at radius 3 is 2.60 bits per heavy atom. The number of nitrogens with zero attached hydrogens (tertiary/aromatic N) is 2. The molecule has 0 bridgehead atoms. The Labute approximate surface area is 185 Å². The van der Waals surface area contributed by atoms with E-state index in [1.54, 1.807) is 0 Å². The van der Waals surface area contributed by atoms with Crippen LogP contribution >= 0.6 is 15.9 Å². The molecule has 6 heteroatoms. The van der Waals surface area contributed by atoms with Crippen LogP contribution in [-0.4, -0.2) is 34.2 Å². The molecular formula is C24H26BrN3O2. The van der Waals surface area contributed by atoms with Crippen LogP contribution in [0.2, 0.25) is 0 Å². The fourth-order valence-corrected chi connectivity index (χ4v) is 5.60. The second-order valence-electron chi connectivity index (χ2n) is 8.71. The number of likely N-dealkylation sites (tertiary alicyclic amines) is 1. The highest BCUT2D eigenvalue weighted by atomic mass is 79.9. The molecule has 156 valence electrons. The van der Waals surface area contributed by atoms with Crippen LogP contribution < -0.4 is 5.73 Å². The third-order valence-corrected chi connectivity index (χ3v) is 7.29. The zero-order chi connectivity index (χ0) is 21.0. The second kappa shape index (κ2) is 7.41. The van der Waals surface area contributed by atoms with E-state index in [2.05, 4.69) is 35.0 Å². The van der Waals surface area contributed by atoms with E-state index in [0.717, 1.165) is 41.5 Å². The van der Waals surface area contributed by atoms with Gasteiger partial charge in [0.05, 0.1) is 5.69 Å². The first-order valence-corrected chi connectivity index (χ1v) is 11.5. The first-order chi connectivity index (χ1) is 14.4. The lowest BCUT2D eigenvalue weighted by Crippen LogP contribution is -2.35. The van der Waals surface area contributed by atoms with Crippen LogP contribution in [0.4, 0.5) is 10.5 Å². The van der Waals surface area contributed by atoms with Crippen molar-refractivity contribution in [3.63, 3.8) is 0 Å². The summed E-state index contributed by atoms with van der Waals surface area (Å²) in [5, 5.41) is 9.36. The molecule has 1 aromatic carbocycles. The van der Waals surface area contributed by atoms with Gasteiger partial charge < -0.3 is 15.7 Å². The molecule has 1 amide bonds. The Bertz CT molecular complexity index is 1080. The first kappa shape index (κ1) is 19.6. The Morgan fingerprint density at radius 1 is 1.20 bits per heavy atom. The highest BCUT2D eigenvalue weighted by molar-refractivity contribution is 9.10. The number of hydrogen-bond acceptors (Lipinski definition) is 3. The molecule has 0 spiro atoms. The zero-order valence-corrected chi connectivity index (χ0v) is 18.8. The number of amides is 1. The van der Waals surface area contributed by atoms with Gasteiger partial charge >= 0.3 is 6.09 Å². The summed E-state index contributed by atoms with van der Waals surface area (Å²) in [5.74, 6) is 0.614. The number of piperidine rings is 1. The van der Waals surface area contributed by atoms with E-state index in [1.807, 2.05) is 6.20 Å². The summed E-state index contributed by atoms with van der Waals surface area (Å²) in [4.78, 5) is 17.7. The van der Waals surface area contributed by atoms with Crippen LogP contribution in [0.3, 0.4) is 0 Å². The van der Waals surface area contributed by atoms with Crippen LogP contribution in [0.5, 0.6) is 0 Å². The molecule has 1 saturated heterocycles. The van der Waals surface area contributed by atoms with Crippen molar-refractivity contribution < 1.29 is 9.90 Å². The van der Waals surface area contributed by atoms with E-state index >= 15 is 0 Å². The standard InChI is InChI=1S/C24H26BrN3O2/c1-13-18-5-4-16-10-17(25)12-27-23(16)22(15-6-8-28(9-7-15)24(29)30)19(18)11-20(26)21(13)14-2-3-14/h10-12,14H,2-9,26H2,1H3,(H,29,30). The van der Waals surface area contributed by atoms with Crippen LogP contribution in [0.15, 0.2) is 28.4 Å². The van der Waals surface area contributed by atoms with Crippen molar-refractivity contribution in [1.29, 1.82) is 0 Å². The normalized spacial score (nSPS) is 18.7. The molecule has 30 heavy (non-hydrogen) atoms. The number of aryl methyl sites for hydroxylation is 1. The molecule has 0 radical (unpaired) electrons. The number of aromatic nitrogens is 1. The van der Waals surface area contributed by atoms with Gasteiger partial charge in [0, 0.05) is 35.0 Å². The van der Waals surface area contributed by atoms with Crippen LogP contribution in [0, 0.1) is 6.92 Å². The summed E-state index contributed by atoms with van der Waals surface area (Å²) < 4.78 is 0.993. The molecule has 1 aromatic heterocycles. The van der Waals surface area contributed by atoms with Crippen molar-refractivity contribution in [2.45, 2.75) is 51.4 Å². The third kappa shape index (κ3) is 3.31. The molecule has 2 aliphatic carbocycles. The van der Waals surface area contributed by atoms with Crippen molar-refractivity contribution in [2.24, 2.45) is 0 Å². The van der Waals surface area contributed by atoms with Gasteiger partial charge in [-0.15, -0.1) is 0 Å². The third-order valence-electron chi connectivity index (χ3n) is 6.85. The van der Waals surface area contributed by atoms with Gasteiger partial charge in [0.2, 0.25) is 0 Å². The van der Waals surface area contributed by atoms with Crippen LogP contribution in [-0.2, 0) is 12.8 Å². The molecule has 1 aliphatic heterocycles. The number of nitrogen functional groups attached to an aromatic ring is 1. The number of benzene rings is 1. The largest absolute Gasteiger partial charge is 0.465 e. The maximum Gasteiger partial charge on any atom is 0.407 e. The van der Waals surface area contributed by atoms with Gasteiger partial charge in [-0.2, -0.15) is 0 Å². The average Bonchev–Trinajstić information content (AvgIpc) is 3.55. The predicted octanol–water partition coefficient (Wildman–Crippen LogP) is 5.29. The highest BCUT2D eigenvalue weighted by Gasteiger charge is 2.32. The van der Waals surface area contributed by atoms with E-state index in [-0.39, 0.29) is 0 Å². The average molecular weight is 468 g/mol. The molecular weight excluding hydrogens is 442 g/mol. The molecule has 2 fully saturated rings. The molecule has 1 saturated carbocycles. The maximum atomic E-state index is 11.4. The Balaban J connectivity index is 1.71. The Hall–Kier alpha value is -2.34. The topological polar surface area (TPSA) is 79.5 Å². The predicted molar refractivity (Wildman–Crippen MR) is 122 cm³/mol. The summed E-state index contributed by atoms with van der Waals surface area (Å²) in [6.45, 7) is 3.30. The van der Waals surface area contributed by atoms with Gasteiger partial charge in [-0.25, -0.2) is 4.79 Å². The number of pyridine rings is 1. The van der Waals surface area contributed by atoms with E-state index < -0.39 is 6.09 Å². The fourth-order valence-electron chi connectivity index (χ4n) is 5.22. The summed E-state index contributed by atoms with van der Waals surface area (Å²) in [7, 11) is 0. The van der Waals surface area contributed by atoms with Crippen LogP contribution in [0.1, 0.15) is 65.1 Å². The number of nitrogens with two attached hydrogens (primary N) is 1. The van der Waals surface area contributed by atoms with E-state index in [9.17, 15) is 9.90 Å². The number of hydrogen-bond donors (Lipinski definition) is 2. The zero-order valence-electron chi connectivity index (χ0n) is 17.2. The van der Waals surface area contributed by atoms with Crippen molar-refractivity contribution >= 4 is 33.3 Å². The molecule has 0 unspecified atom stereocenters. The van der Waals surface area contributed by atoms with Crippen LogP contribution in [0.25, 0.3) is 5.57 Å². The minimum atomic E-state index is -0.836. The van der Waals surface area contributed by atoms with Gasteiger partial charge in [-0.05, 0) is 107 Å². The van der Waals surface area contributed by atoms with Gasteiger partial charge in [-0.1, -0.05) is 5.57 Å². The Morgan fingerprint density at radius 2 is 1.93 bits per heavy atom. The lowest BCUT2D eigenvalue weighted by molar-refractivity contribution is 0.142. The molecule has 5 nitrogen and oxygen atoms in total. The monoisotopic (exact) mass is 467 g/mol. The van der Waals surface area contributed by atoms with Gasteiger partial charge in [0.1, 0.15) is 0 Å². The summed E-state index contributed by atoms with van der Waals surface area (Å²) in [5.41, 5.74) is 17.6. The van der Waals surface area contributed by atoms with Crippen molar-refractivity contribution in [1.82, 2.24) is 9.88 Å². The lowest BCUT2D eigenvalue weighted by atomic mass is 9.84. The number of carboxylic acid groups (broad SMARTS) is 1. The number of rotatable bonds is 1. The molecule has 2 aromatic rings. The lowest BCUT2D eigenvalue weighted by Gasteiger charge is -2.28. The van der Waals surface area contributed by atoms with Crippen molar-refractivity contribution in [3.8, 4) is 0 Å². The summed E-state index contributed by atoms with van der Waals surface area (Å²) in [6, 6.07) is 4.36. The summed E-state index contributed by atoms with van der Waals surface area (Å²) >= 11 is 3.59. The molecule has 2 heterocycles.